The number of fused-ring (bicyclic) bond motifs is 2. The monoisotopic (exact) mass is 415 g/mol. The third kappa shape index (κ3) is 5.22. The SMILES string of the molecule is Cc1ccc(S(=O)(=O)NCCC(=O)N(C)C2CC3CCC(C2)N3)cc1C.Cl. The van der Waals surface area contributed by atoms with E-state index in [9.17, 15) is 13.2 Å². The Morgan fingerprint density at radius 1 is 1.19 bits per heavy atom. The van der Waals surface area contributed by atoms with E-state index >= 15 is 0 Å². The summed E-state index contributed by atoms with van der Waals surface area (Å²) in [5.41, 5.74) is 1.99. The number of sulfonamides is 1. The maximum Gasteiger partial charge on any atom is 0.240 e. The molecule has 2 saturated heterocycles. The minimum atomic E-state index is -3.58. The zero-order valence-corrected chi connectivity index (χ0v) is 17.8. The molecule has 3 rings (SSSR count). The maximum atomic E-state index is 12.5. The summed E-state index contributed by atoms with van der Waals surface area (Å²) in [5, 5.41) is 3.57. The number of aryl methyl sites for hydroxylation is 2. The molecule has 2 atom stereocenters. The quantitative estimate of drug-likeness (QED) is 0.746. The molecule has 6 nitrogen and oxygen atoms in total. The van der Waals surface area contributed by atoms with Crippen molar-refractivity contribution >= 4 is 28.3 Å². The molecule has 1 amide bonds. The number of piperidine rings is 1. The number of halogens is 1. The number of hydrogen-bond acceptors (Lipinski definition) is 4. The lowest BCUT2D eigenvalue weighted by Crippen LogP contribution is -2.49. The van der Waals surface area contributed by atoms with Gasteiger partial charge in [-0.1, -0.05) is 6.07 Å². The van der Waals surface area contributed by atoms with Gasteiger partial charge in [-0.15, -0.1) is 12.4 Å². The highest BCUT2D eigenvalue weighted by Crippen LogP contribution is 2.29. The lowest BCUT2D eigenvalue weighted by Gasteiger charge is -2.35. The van der Waals surface area contributed by atoms with E-state index in [-0.39, 0.29) is 42.2 Å². The van der Waals surface area contributed by atoms with Crippen molar-refractivity contribution in [3.63, 3.8) is 0 Å². The van der Waals surface area contributed by atoms with Crippen molar-refractivity contribution in [2.75, 3.05) is 13.6 Å². The number of carbonyl (C=O) groups excluding carboxylic acids is 1. The average molecular weight is 416 g/mol. The minimum absolute atomic E-state index is 0. The first-order valence-electron chi connectivity index (χ1n) is 9.35. The molecule has 2 bridgehead atoms. The third-order valence-electron chi connectivity index (χ3n) is 5.81. The second kappa shape index (κ2) is 8.90. The summed E-state index contributed by atoms with van der Waals surface area (Å²) < 4.78 is 27.4. The van der Waals surface area contributed by atoms with Crippen LogP contribution in [0.5, 0.6) is 0 Å². The Balaban J connectivity index is 0.00000261. The van der Waals surface area contributed by atoms with E-state index in [1.165, 1.54) is 12.8 Å². The van der Waals surface area contributed by atoms with E-state index in [4.69, 9.17) is 0 Å². The fourth-order valence-corrected chi connectivity index (χ4v) is 5.10. The molecule has 1 aromatic rings. The number of nitrogens with one attached hydrogen (secondary N) is 2. The summed E-state index contributed by atoms with van der Waals surface area (Å²) in [6.45, 7) is 3.95. The molecule has 27 heavy (non-hydrogen) atoms. The molecule has 1 aromatic carbocycles. The van der Waals surface area contributed by atoms with Crippen molar-refractivity contribution in [2.24, 2.45) is 0 Å². The van der Waals surface area contributed by atoms with Crippen molar-refractivity contribution < 1.29 is 13.2 Å². The molecule has 2 heterocycles. The molecule has 0 saturated carbocycles. The Morgan fingerprint density at radius 3 is 2.41 bits per heavy atom. The van der Waals surface area contributed by atoms with Gasteiger partial charge < -0.3 is 10.2 Å². The normalized spacial score (nSPS) is 24.3. The van der Waals surface area contributed by atoms with Gasteiger partial charge >= 0.3 is 0 Å². The van der Waals surface area contributed by atoms with Crippen molar-refractivity contribution in [1.82, 2.24) is 14.9 Å². The number of hydrogen-bond donors (Lipinski definition) is 2. The van der Waals surface area contributed by atoms with Gasteiger partial charge in [0.1, 0.15) is 0 Å². The van der Waals surface area contributed by atoms with Gasteiger partial charge in [0.2, 0.25) is 15.9 Å². The van der Waals surface area contributed by atoms with Gasteiger partial charge in [0.15, 0.2) is 0 Å². The molecule has 0 spiro atoms. The summed E-state index contributed by atoms with van der Waals surface area (Å²) in [5.74, 6) is -0.000846. The minimum Gasteiger partial charge on any atom is -0.343 e. The first-order valence-corrected chi connectivity index (χ1v) is 10.8. The molecule has 2 N–H and O–H groups in total. The van der Waals surface area contributed by atoms with Crippen molar-refractivity contribution in [3.05, 3.63) is 29.3 Å². The summed E-state index contributed by atoms with van der Waals surface area (Å²) >= 11 is 0. The van der Waals surface area contributed by atoms with Crippen LogP contribution < -0.4 is 10.0 Å². The topological polar surface area (TPSA) is 78.5 Å². The molecule has 2 aliphatic rings. The predicted molar refractivity (Wildman–Crippen MR) is 109 cm³/mol. The number of amides is 1. The van der Waals surface area contributed by atoms with Crippen LogP contribution in [-0.4, -0.2) is 50.9 Å². The van der Waals surface area contributed by atoms with Gasteiger partial charge in [0, 0.05) is 38.1 Å². The zero-order valence-electron chi connectivity index (χ0n) is 16.2. The first-order chi connectivity index (χ1) is 12.3. The summed E-state index contributed by atoms with van der Waals surface area (Å²) in [4.78, 5) is 14.5. The molecule has 8 heteroatoms. The average Bonchev–Trinajstić information content (AvgIpc) is 2.94. The van der Waals surface area contributed by atoms with Crippen LogP contribution in [0, 0.1) is 13.8 Å². The van der Waals surface area contributed by atoms with Gasteiger partial charge in [-0.05, 0) is 62.8 Å². The predicted octanol–water partition coefficient (Wildman–Crippen LogP) is 2.14. The van der Waals surface area contributed by atoms with Crippen LogP contribution in [0.15, 0.2) is 23.1 Å². The number of rotatable bonds is 6. The van der Waals surface area contributed by atoms with Crippen LogP contribution in [-0.2, 0) is 14.8 Å². The largest absolute Gasteiger partial charge is 0.343 e. The molecular weight excluding hydrogens is 386 g/mol. The summed E-state index contributed by atoms with van der Waals surface area (Å²) in [6.07, 6.45) is 4.55. The van der Waals surface area contributed by atoms with Gasteiger partial charge in [0.25, 0.3) is 0 Å². The Hall–Kier alpha value is -1.15. The van der Waals surface area contributed by atoms with E-state index in [1.807, 2.05) is 25.8 Å². The van der Waals surface area contributed by atoms with Crippen molar-refractivity contribution in [3.8, 4) is 0 Å². The van der Waals surface area contributed by atoms with Crippen LogP contribution in [0.1, 0.15) is 43.2 Å². The standard InChI is InChI=1S/C19H29N3O3S.ClH/c1-13-4-7-18(10-14(13)2)26(24,25)20-9-8-19(23)22(3)17-11-15-5-6-16(12-17)21-15;/h4,7,10,15-17,20-21H,5-6,8-9,11-12H2,1-3H3;1H. The second-order valence-corrected chi connectivity index (χ2v) is 9.43. The van der Waals surface area contributed by atoms with Crippen LogP contribution in [0.25, 0.3) is 0 Å². The third-order valence-corrected chi connectivity index (χ3v) is 7.27. The fraction of sp³-hybridized carbons (Fsp3) is 0.632. The highest BCUT2D eigenvalue weighted by molar-refractivity contribution is 7.89. The van der Waals surface area contributed by atoms with Crippen LogP contribution in [0.3, 0.4) is 0 Å². The van der Waals surface area contributed by atoms with E-state index in [0.717, 1.165) is 24.0 Å². The number of benzene rings is 1. The highest BCUT2D eigenvalue weighted by atomic mass is 35.5. The molecular formula is C19H30ClN3O3S. The second-order valence-electron chi connectivity index (χ2n) is 7.66. The van der Waals surface area contributed by atoms with Gasteiger partial charge in [0.05, 0.1) is 4.90 Å². The Morgan fingerprint density at radius 2 is 1.81 bits per heavy atom. The number of nitrogens with zero attached hydrogens (tertiary/aromatic N) is 1. The Labute approximate surface area is 168 Å². The van der Waals surface area contributed by atoms with Crippen molar-refractivity contribution in [1.29, 1.82) is 0 Å². The first kappa shape index (κ1) is 22.1. The van der Waals surface area contributed by atoms with Gasteiger partial charge in [-0.2, -0.15) is 0 Å². The van der Waals surface area contributed by atoms with E-state index in [2.05, 4.69) is 10.0 Å². The molecule has 2 aliphatic heterocycles. The van der Waals surface area contributed by atoms with E-state index < -0.39 is 10.0 Å². The Bertz CT molecular complexity index is 772. The van der Waals surface area contributed by atoms with Crippen LogP contribution >= 0.6 is 12.4 Å². The van der Waals surface area contributed by atoms with Crippen LogP contribution in [0.2, 0.25) is 0 Å². The summed E-state index contributed by atoms with van der Waals surface area (Å²) in [6, 6.07) is 6.38. The smallest absolute Gasteiger partial charge is 0.240 e. The van der Waals surface area contributed by atoms with Gasteiger partial charge in [-0.25, -0.2) is 13.1 Å². The van der Waals surface area contributed by atoms with E-state index in [0.29, 0.717) is 12.1 Å². The Kier molecular flexibility index (Phi) is 7.30. The molecule has 0 aliphatic carbocycles. The zero-order chi connectivity index (χ0) is 18.9. The lowest BCUT2D eigenvalue weighted by atomic mass is 9.98. The summed E-state index contributed by atoms with van der Waals surface area (Å²) in [7, 11) is -1.74. The maximum absolute atomic E-state index is 12.5. The fourth-order valence-electron chi connectivity index (χ4n) is 3.98. The molecule has 152 valence electrons. The number of carbonyl (C=O) groups is 1. The highest BCUT2D eigenvalue weighted by Gasteiger charge is 2.36. The van der Waals surface area contributed by atoms with Crippen LogP contribution in [0.4, 0.5) is 0 Å². The van der Waals surface area contributed by atoms with Gasteiger partial charge in [-0.3, -0.25) is 4.79 Å². The van der Waals surface area contributed by atoms with Crippen molar-refractivity contribution in [2.45, 2.75) is 69.0 Å². The lowest BCUT2D eigenvalue weighted by molar-refractivity contribution is -0.132. The molecule has 2 fully saturated rings. The molecule has 2 unspecified atom stereocenters. The molecule has 0 aromatic heterocycles. The molecule has 0 radical (unpaired) electrons. The van der Waals surface area contributed by atoms with E-state index in [1.54, 1.807) is 18.2 Å².